The van der Waals surface area contributed by atoms with Crippen LogP contribution in [-0.2, 0) is 10.1 Å². The van der Waals surface area contributed by atoms with E-state index < -0.39 is 43.7 Å². The molecule has 1 aromatic heterocycles. The predicted molar refractivity (Wildman–Crippen MR) is 43.5 cm³/mol. The third-order valence-corrected chi connectivity index (χ3v) is 2.12. The van der Waals surface area contributed by atoms with E-state index in [1.807, 2.05) is 0 Å². The fourth-order valence-corrected chi connectivity index (χ4v) is 0.609. The molecule has 0 fully saturated rings. The first kappa shape index (κ1) is 17.6. The molecule has 1 heterocycles. The zero-order chi connectivity index (χ0) is 15.6. The lowest BCUT2D eigenvalue weighted by atomic mass is 10.3. The van der Waals surface area contributed by atoms with Crippen LogP contribution < -0.4 is 4.79 Å². The van der Waals surface area contributed by atoms with Crippen LogP contribution in [0.2, 0.25) is 0 Å². The lowest BCUT2D eigenvalue weighted by Crippen LogP contribution is -2.34. The summed E-state index contributed by atoms with van der Waals surface area (Å²) in [5.74, 6) is -4.25. The number of alkyl halides is 3. The maximum Gasteiger partial charge on any atom is 0.485 e. The number of aromatic nitrogens is 1. The summed E-state index contributed by atoms with van der Waals surface area (Å²) in [4.78, 5) is -0.849. The van der Waals surface area contributed by atoms with Crippen LogP contribution in [0.1, 0.15) is 5.56 Å². The molecule has 0 aliphatic carbocycles. The van der Waals surface area contributed by atoms with Crippen molar-refractivity contribution in [1.29, 1.82) is 0 Å². The molecule has 12 heteroatoms. The largest absolute Gasteiger partial charge is 0.741 e. The summed E-state index contributed by atoms with van der Waals surface area (Å²) < 4.78 is 108. The normalized spacial score (nSPS) is 11.8. The Morgan fingerprint density at radius 1 is 1.21 bits per heavy atom. The Hall–Kier alpha value is -1.43. The van der Waals surface area contributed by atoms with E-state index >= 15 is 0 Å². The first-order valence-electron chi connectivity index (χ1n) is 4.03. The van der Waals surface area contributed by atoms with E-state index in [1.165, 1.54) is 0 Å². The van der Waals surface area contributed by atoms with E-state index in [4.69, 9.17) is 13.0 Å². The number of hydrogen-bond donors (Lipinski definition) is 0. The highest BCUT2D eigenvalue weighted by Crippen LogP contribution is 2.20. The smallest absolute Gasteiger partial charge is 0.485 e. The molecule has 0 saturated carbocycles. The van der Waals surface area contributed by atoms with Crippen LogP contribution in [0.3, 0.4) is 0 Å². The molecule has 0 unspecified atom stereocenters. The second-order valence-corrected chi connectivity index (χ2v) is 4.28. The molecule has 0 N–H and O–H groups in total. The maximum absolute atomic E-state index is 12.4. The van der Waals surface area contributed by atoms with Gasteiger partial charge < -0.3 is 4.55 Å². The second-order valence-electron chi connectivity index (χ2n) is 2.91. The molecule has 0 aliphatic rings. The summed E-state index contributed by atoms with van der Waals surface area (Å²) in [5, 5.41) is 0. The Balaban J connectivity index is 0.000000362. The van der Waals surface area contributed by atoms with Gasteiger partial charge in [-0.2, -0.15) is 13.2 Å². The Bertz CT molecular complexity index is 543. The average Bonchev–Trinajstić information content (AvgIpc) is 2.22. The van der Waals surface area contributed by atoms with Crippen molar-refractivity contribution in [2.75, 3.05) is 0 Å². The van der Waals surface area contributed by atoms with Crippen molar-refractivity contribution in [3.05, 3.63) is 29.3 Å². The van der Waals surface area contributed by atoms with E-state index in [2.05, 4.69) is 0 Å². The zero-order valence-electron chi connectivity index (χ0n) is 8.80. The molecule has 0 bridgehead atoms. The van der Waals surface area contributed by atoms with Gasteiger partial charge in [-0.05, 0) is 6.92 Å². The summed E-state index contributed by atoms with van der Waals surface area (Å²) in [6, 6.07) is 0.276. The van der Waals surface area contributed by atoms with Crippen LogP contribution in [0.4, 0.5) is 30.8 Å². The second kappa shape index (κ2) is 5.69. The van der Waals surface area contributed by atoms with E-state index in [0.29, 0.717) is 0 Å². The Morgan fingerprint density at radius 3 is 1.89 bits per heavy atom. The average molecular weight is 315 g/mol. The molecule has 4 nitrogen and oxygen atoms in total. The van der Waals surface area contributed by atoms with Crippen LogP contribution >= 0.6 is 0 Å². The van der Waals surface area contributed by atoms with Crippen molar-refractivity contribution in [1.82, 2.24) is 0 Å². The van der Waals surface area contributed by atoms with Gasteiger partial charge in [-0.1, -0.05) is 0 Å². The van der Waals surface area contributed by atoms with Gasteiger partial charge in [0.1, 0.15) is 10.3 Å². The molecule has 0 aromatic carbocycles. The highest BCUT2D eigenvalue weighted by Gasteiger charge is 2.36. The van der Waals surface area contributed by atoms with Crippen molar-refractivity contribution in [2.45, 2.75) is 12.4 Å². The highest BCUT2D eigenvalue weighted by atomic mass is 32.2. The van der Waals surface area contributed by atoms with E-state index in [1.54, 1.807) is 0 Å². The molecule has 110 valence electrons. The van der Waals surface area contributed by atoms with E-state index in [-0.39, 0.29) is 6.07 Å². The van der Waals surface area contributed by atoms with Gasteiger partial charge in [0.05, 0.1) is 16.4 Å². The molecule has 0 spiro atoms. The summed E-state index contributed by atoms with van der Waals surface area (Å²) in [5.41, 5.74) is -6.19. The van der Waals surface area contributed by atoms with Gasteiger partial charge in [0.15, 0.2) is 10.1 Å². The Kier molecular flexibility index (Phi) is 5.26. The predicted octanol–water partition coefficient (Wildman–Crippen LogP) is 1.48. The van der Waals surface area contributed by atoms with Crippen molar-refractivity contribution in [2.24, 2.45) is 0 Å². The van der Waals surface area contributed by atoms with Crippen molar-refractivity contribution in [3.8, 4) is 0 Å². The van der Waals surface area contributed by atoms with Crippen molar-refractivity contribution in [3.63, 3.8) is 0 Å². The molecular formula is C7H4F7NO3S. The van der Waals surface area contributed by atoms with Crippen LogP contribution in [0.15, 0.2) is 6.07 Å². The van der Waals surface area contributed by atoms with Crippen molar-refractivity contribution >= 4 is 10.1 Å². The lowest BCUT2D eigenvalue weighted by molar-refractivity contribution is -0.886. The molecule has 0 saturated heterocycles. The number of rotatable bonds is 0. The minimum absolute atomic E-state index is 0.276. The third-order valence-electron chi connectivity index (χ3n) is 1.56. The monoisotopic (exact) mass is 315 g/mol. The molecular weight excluding hydrogens is 311 g/mol. The van der Waals surface area contributed by atoms with Crippen LogP contribution in [0.5, 0.6) is 0 Å². The lowest BCUT2D eigenvalue weighted by Gasteiger charge is -2.08. The molecule has 0 radical (unpaired) electrons. The fraction of sp³-hybridized carbons (Fsp3) is 0.286. The third kappa shape index (κ3) is 4.63. The zero-order valence-corrected chi connectivity index (χ0v) is 9.62. The number of hydrogen-bond acceptors (Lipinski definition) is 3. The Morgan fingerprint density at radius 2 is 1.58 bits per heavy atom. The quantitative estimate of drug-likeness (QED) is 0.315. The van der Waals surface area contributed by atoms with Gasteiger partial charge >= 0.3 is 17.4 Å². The van der Waals surface area contributed by atoms with Gasteiger partial charge in [0.25, 0.3) is 0 Å². The molecule has 1 aromatic rings. The van der Waals surface area contributed by atoms with Gasteiger partial charge in [0, 0.05) is 0 Å². The summed E-state index contributed by atoms with van der Waals surface area (Å²) in [7, 11) is -6.09. The highest BCUT2D eigenvalue weighted by molar-refractivity contribution is 7.86. The van der Waals surface area contributed by atoms with Gasteiger partial charge in [-0.25, -0.2) is 12.8 Å². The maximum atomic E-state index is 12.4. The van der Waals surface area contributed by atoms with Crippen LogP contribution in [0.25, 0.3) is 0 Å². The van der Waals surface area contributed by atoms with E-state index in [9.17, 15) is 30.8 Å². The molecule has 0 atom stereocenters. The standard InChI is InChI=1S/C6H4F4N.CHF3O3S/c1-3-4(7)2-5(8)11(10)6(3)9;2-1(3,4)8(5,6)7/h2H,1H3;(H,5,6,7)/q+1;/p-1. The van der Waals surface area contributed by atoms with Crippen LogP contribution in [0, 0.1) is 24.6 Å². The first-order valence-corrected chi connectivity index (χ1v) is 5.44. The Labute approximate surface area is 101 Å². The number of nitrogens with zero attached hydrogens (tertiary/aromatic N) is 1. The fourth-order valence-electron chi connectivity index (χ4n) is 0.609. The minimum Gasteiger partial charge on any atom is -0.741 e. The van der Waals surface area contributed by atoms with Gasteiger partial charge in [-0.15, -0.1) is 8.78 Å². The molecule has 0 amide bonds. The molecule has 19 heavy (non-hydrogen) atoms. The van der Waals surface area contributed by atoms with Gasteiger partial charge in [-0.3, -0.25) is 0 Å². The topological polar surface area (TPSA) is 61.1 Å². The van der Waals surface area contributed by atoms with Crippen molar-refractivity contribution < 1.29 is 48.6 Å². The summed E-state index contributed by atoms with van der Waals surface area (Å²) in [6.07, 6.45) is 0. The molecule has 0 aliphatic heterocycles. The van der Waals surface area contributed by atoms with Gasteiger partial charge in [0.2, 0.25) is 0 Å². The number of halogens is 7. The minimum atomic E-state index is -6.09. The van der Waals surface area contributed by atoms with Crippen LogP contribution in [-0.4, -0.2) is 18.5 Å². The summed E-state index contributed by atoms with van der Waals surface area (Å²) in [6.45, 7) is 1.01. The SMILES string of the molecule is Cc1c(F)cc(F)[n+](F)c1F.O=S(=O)([O-])C(F)(F)F. The van der Waals surface area contributed by atoms with E-state index in [0.717, 1.165) is 6.92 Å². The summed E-state index contributed by atoms with van der Waals surface area (Å²) >= 11 is 0. The first-order chi connectivity index (χ1) is 8.29. The number of pyridine rings is 1. The molecule has 1 rings (SSSR count).